The molecule has 1 heterocycles. The summed E-state index contributed by atoms with van der Waals surface area (Å²) in [7, 11) is 1.43. The molecule has 1 aromatic rings. The molecule has 0 aromatic carbocycles. The summed E-state index contributed by atoms with van der Waals surface area (Å²) in [5.41, 5.74) is 0. The number of hydrogen-bond donors (Lipinski definition) is 0. The third kappa shape index (κ3) is 1.30. The molecular formula is C6H6ClNO2. The zero-order valence-corrected chi connectivity index (χ0v) is 6.13. The van der Waals surface area contributed by atoms with Crippen LogP contribution in [0.15, 0.2) is 18.3 Å². The van der Waals surface area contributed by atoms with Crippen molar-refractivity contribution < 1.29 is 9.47 Å². The van der Waals surface area contributed by atoms with Crippen molar-refractivity contribution in [2.45, 2.75) is 0 Å². The number of ether oxygens (including phenoxy) is 1. The number of rotatable bonds is 1. The van der Waals surface area contributed by atoms with E-state index in [0.29, 0.717) is 9.75 Å². The van der Waals surface area contributed by atoms with Crippen molar-refractivity contribution in [3.05, 3.63) is 28.6 Å². The van der Waals surface area contributed by atoms with Crippen LogP contribution in [0.4, 0.5) is 0 Å². The first kappa shape index (κ1) is 7.15. The Morgan fingerprint density at radius 2 is 2.30 bits per heavy atom. The Morgan fingerprint density at radius 3 is 2.80 bits per heavy atom. The molecule has 1 aromatic heterocycles. The summed E-state index contributed by atoms with van der Waals surface area (Å²) in [6, 6.07) is 3.10. The zero-order chi connectivity index (χ0) is 7.56. The lowest BCUT2D eigenvalue weighted by atomic mass is 10.5. The number of methoxy groups -OCH3 is 1. The van der Waals surface area contributed by atoms with Crippen molar-refractivity contribution >= 4 is 11.6 Å². The quantitative estimate of drug-likeness (QED) is 0.453. The van der Waals surface area contributed by atoms with Gasteiger partial charge in [0.05, 0.1) is 13.2 Å². The molecule has 0 atom stereocenters. The lowest BCUT2D eigenvalue weighted by Crippen LogP contribution is -2.27. The fraction of sp³-hybridized carbons (Fsp3) is 0.167. The fourth-order valence-electron chi connectivity index (χ4n) is 0.601. The number of nitrogens with zero attached hydrogens (tertiary/aromatic N) is 1. The molecule has 0 unspecified atom stereocenters. The molecule has 0 aliphatic carbocycles. The molecular weight excluding hydrogens is 154 g/mol. The molecule has 0 spiro atoms. The van der Waals surface area contributed by atoms with Crippen molar-refractivity contribution in [2.75, 3.05) is 7.11 Å². The third-order valence-electron chi connectivity index (χ3n) is 1.05. The molecule has 54 valence electrons. The van der Waals surface area contributed by atoms with Crippen LogP contribution in [0, 0.1) is 5.21 Å². The van der Waals surface area contributed by atoms with Gasteiger partial charge in [-0.3, -0.25) is 0 Å². The third-order valence-corrected chi connectivity index (χ3v) is 1.28. The smallest absolute Gasteiger partial charge is 0.379 e. The van der Waals surface area contributed by atoms with Crippen LogP contribution in [0.5, 0.6) is 5.88 Å². The SMILES string of the molecule is COc1ccc(Cl)c[n+]1[O-]. The van der Waals surface area contributed by atoms with E-state index in [-0.39, 0.29) is 5.88 Å². The molecule has 10 heavy (non-hydrogen) atoms. The van der Waals surface area contributed by atoms with Gasteiger partial charge in [0.2, 0.25) is 6.20 Å². The second kappa shape index (κ2) is 2.75. The van der Waals surface area contributed by atoms with E-state index in [1.807, 2.05) is 0 Å². The Morgan fingerprint density at radius 1 is 1.60 bits per heavy atom. The van der Waals surface area contributed by atoms with E-state index >= 15 is 0 Å². The van der Waals surface area contributed by atoms with Gasteiger partial charge in [0.15, 0.2) is 0 Å². The van der Waals surface area contributed by atoms with Gasteiger partial charge in [-0.25, -0.2) is 0 Å². The van der Waals surface area contributed by atoms with Crippen molar-refractivity contribution in [1.29, 1.82) is 0 Å². The van der Waals surface area contributed by atoms with Crippen LogP contribution < -0.4 is 9.47 Å². The highest BCUT2D eigenvalue weighted by Gasteiger charge is 2.02. The van der Waals surface area contributed by atoms with Gasteiger partial charge < -0.3 is 9.94 Å². The minimum absolute atomic E-state index is 0.240. The Labute approximate surface area is 63.4 Å². The van der Waals surface area contributed by atoms with E-state index in [2.05, 4.69) is 0 Å². The fourth-order valence-corrected chi connectivity index (χ4v) is 0.753. The summed E-state index contributed by atoms with van der Waals surface area (Å²) >= 11 is 5.50. The van der Waals surface area contributed by atoms with E-state index in [0.717, 1.165) is 0 Å². The predicted octanol–water partition coefficient (Wildman–Crippen LogP) is 0.982. The lowest BCUT2D eigenvalue weighted by Gasteiger charge is -2.00. The van der Waals surface area contributed by atoms with Gasteiger partial charge in [-0.05, 0) is 6.07 Å². The first-order chi connectivity index (χ1) is 4.74. The van der Waals surface area contributed by atoms with Gasteiger partial charge in [-0.2, -0.15) is 0 Å². The Balaban J connectivity index is 3.07. The molecule has 0 amide bonds. The van der Waals surface area contributed by atoms with Crippen molar-refractivity contribution in [3.8, 4) is 5.88 Å². The second-order valence-electron chi connectivity index (χ2n) is 1.72. The van der Waals surface area contributed by atoms with Crippen LogP contribution >= 0.6 is 11.6 Å². The molecule has 1 rings (SSSR count). The first-order valence-corrected chi connectivity index (χ1v) is 3.04. The Bertz CT molecular complexity index is 239. The standard InChI is InChI=1S/C6H6ClNO2/c1-10-6-3-2-5(7)4-8(6)9/h2-4H,1H3. The normalized spacial score (nSPS) is 9.40. The predicted molar refractivity (Wildman–Crippen MR) is 37.0 cm³/mol. The van der Waals surface area contributed by atoms with E-state index in [1.54, 1.807) is 6.07 Å². The number of pyridine rings is 1. The molecule has 3 nitrogen and oxygen atoms in total. The van der Waals surface area contributed by atoms with Gasteiger partial charge in [-0.15, -0.1) is 4.73 Å². The second-order valence-corrected chi connectivity index (χ2v) is 2.15. The summed E-state index contributed by atoms with van der Waals surface area (Å²) in [5.74, 6) is 0.240. The van der Waals surface area contributed by atoms with E-state index < -0.39 is 0 Å². The molecule has 0 saturated heterocycles. The minimum atomic E-state index is 0.240. The highest BCUT2D eigenvalue weighted by atomic mass is 35.5. The maximum absolute atomic E-state index is 10.8. The van der Waals surface area contributed by atoms with Crippen LogP contribution in [0.2, 0.25) is 5.02 Å². The van der Waals surface area contributed by atoms with Crippen LogP contribution in [0.25, 0.3) is 0 Å². The lowest BCUT2D eigenvalue weighted by molar-refractivity contribution is -0.612. The van der Waals surface area contributed by atoms with Crippen molar-refractivity contribution in [2.24, 2.45) is 0 Å². The van der Waals surface area contributed by atoms with Crippen LogP contribution in [0.1, 0.15) is 0 Å². The summed E-state index contributed by atoms with van der Waals surface area (Å²) < 4.78 is 5.26. The van der Waals surface area contributed by atoms with E-state index in [1.165, 1.54) is 19.4 Å². The van der Waals surface area contributed by atoms with Gasteiger partial charge in [0.25, 0.3) is 0 Å². The summed E-state index contributed by atoms with van der Waals surface area (Å²) in [4.78, 5) is 0. The summed E-state index contributed by atoms with van der Waals surface area (Å²) in [5, 5.41) is 11.2. The molecule has 0 aliphatic heterocycles. The monoisotopic (exact) mass is 159 g/mol. The van der Waals surface area contributed by atoms with Gasteiger partial charge in [0.1, 0.15) is 5.02 Å². The maximum atomic E-state index is 10.8. The van der Waals surface area contributed by atoms with Crippen LogP contribution in [-0.4, -0.2) is 7.11 Å². The highest BCUT2D eigenvalue weighted by molar-refractivity contribution is 6.30. The van der Waals surface area contributed by atoms with Crippen molar-refractivity contribution in [3.63, 3.8) is 0 Å². The number of hydrogen-bond acceptors (Lipinski definition) is 2. The zero-order valence-electron chi connectivity index (χ0n) is 5.37. The van der Waals surface area contributed by atoms with Gasteiger partial charge in [0, 0.05) is 0 Å². The minimum Gasteiger partial charge on any atom is -0.616 e. The topological polar surface area (TPSA) is 36.2 Å². The number of halogens is 1. The van der Waals surface area contributed by atoms with E-state index in [9.17, 15) is 5.21 Å². The molecule has 0 fully saturated rings. The van der Waals surface area contributed by atoms with Crippen LogP contribution in [-0.2, 0) is 0 Å². The highest BCUT2D eigenvalue weighted by Crippen LogP contribution is 2.08. The molecule has 0 saturated carbocycles. The van der Waals surface area contributed by atoms with Crippen LogP contribution in [0.3, 0.4) is 0 Å². The Hall–Kier alpha value is -0.960. The largest absolute Gasteiger partial charge is 0.616 e. The summed E-state index contributed by atoms with van der Waals surface area (Å²) in [6.07, 6.45) is 1.24. The van der Waals surface area contributed by atoms with Crippen molar-refractivity contribution in [1.82, 2.24) is 0 Å². The first-order valence-electron chi connectivity index (χ1n) is 2.67. The average molecular weight is 160 g/mol. The molecule has 0 radical (unpaired) electrons. The molecule has 0 bridgehead atoms. The van der Waals surface area contributed by atoms with Gasteiger partial charge in [-0.1, -0.05) is 11.6 Å². The molecule has 0 N–H and O–H groups in total. The molecule has 0 aliphatic rings. The number of aromatic nitrogens is 1. The van der Waals surface area contributed by atoms with Gasteiger partial charge >= 0.3 is 5.88 Å². The Kier molecular flexibility index (Phi) is 1.97. The summed E-state index contributed by atoms with van der Waals surface area (Å²) in [6.45, 7) is 0. The molecule has 4 heteroatoms. The maximum Gasteiger partial charge on any atom is 0.379 e. The van der Waals surface area contributed by atoms with E-state index in [4.69, 9.17) is 16.3 Å². The average Bonchev–Trinajstić information content (AvgIpc) is 1.88.